The first kappa shape index (κ1) is 29.9. The maximum Gasteiger partial charge on any atom is 0.343 e. The van der Waals surface area contributed by atoms with E-state index in [4.69, 9.17) is 18.9 Å². The molecule has 0 aliphatic carbocycles. The van der Waals surface area contributed by atoms with Crippen LogP contribution in [-0.2, 0) is 0 Å². The highest BCUT2D eigenvalue weighted by Crippen LogP contribution is 2.39. The highest BCUT2D eigenvalue weighted by Gasteiger charge is 2.21. The second kappa shape index (κ2) is 13.1. The SMILES string of the molecule is COc1cc(C(=O)Oc2ccc(Br)cc2C=NNC(=O)c2[nH]c3c(Br)cccc3c2-c2ccccc2)cc(OC)c1OC. The monoisotopic (exact) mass is 705 g/mol. The number of nitrogens with one attached hydrogen (secondary N) is 2. The second-order valence-corrected chi connectivity index (χ2v) is 10.9. The van der Waals surface area contributed by atoms with Crippen molar-refractivity contribution in [2.45, 2.75) is 0 Å². The lowest BCUT2D eigenvalue weighted by Gasteiger charge is -2.14. The van der Waals surface area contributed by atoms with Crippen molar-refractivity contribution >= 4 is 60.9 Å². The molecule has 0 spiro atoms. The Morgan fingerprint density at radius 1 is 0.837 bits per heavy atom. The van der Waals surface area contributed by atoms with Crippen LogP contribution in [0.5, 0.6) is 23.0 Å². The van der Waals surface area contributed by atoms with Crippen LogP contribution in [0.15, 0.2) is 92.9 Å². The average Bonchev–Trinajstić information content (AvgIpc) is 3.43. The van der Waals surface area contributed by atoms with Crippen molar-refractivity contribution < 1.29 is 28.5 Å². The number of rotatable bonds is 9. The third-order valence-electron chi connectivity index (χ3n) is 6.52. The third kappa shape index (κ3) is 6.27. The van der Waals surface area contributed by atoms with Crippen molar-refractivity contribution in [3.63, 3.8) is 0 Å². The fraction of sp³-hybridized carbons (Fsp3) is 0.0938. The molecule has 9 nitrogen and oxygen atoms in total. The minimum atomic E-state index is -0.656. The minimum Gasteiger partial charge on any atom is -0.493 e. The molecule has 1 aromatic heterocycles. The summed E-state index contributed by atoms with van der Waals surface area (Å²) in [6.45, 7) is 0. The number of aromatic nitrogens is 1. The molecular weight excluding hydrogens is 682 g/mol. The average molecular weight is 707 g/mol. The fourth-order valence-electron chi connectivity index (χ4n) is 4.54. The molecule has 0 atom stereocenters. The number of methoxy groups -OCH3 is 3. The van der Waals surface area contributed by atoms with Gasteiger partial charge in [0.1, 0.15) is 11.4 Å². The number of esters is 1. The number of hydrogen-bond acceptors (Lipinski definition) is 7. The van der Waals surface area contributed by atoms with E-state index in [1.54, 1.807) is 18.2 Å². The number of carbonyl (C=O) groups excluding carboxylic acids is 2. The Labute approximate surface area is 264 Å². The number of fused-ring (bicyclic) bond motifs is 1. The molecule has 4 aromatic carbocycles. The summed E-state index contributed by atoms with van der Waals surface area (Å²) in [7, 11) is 4.40. The smallest absolute Gasteiger partial charge is 0.343 e. The zero-order valence-electron chi connectivity index (χ0n) is 23.2. The van der Waals surface area contributed by atoms with Crippen LogP contribution in [0, 0.1) is 0 Å². The fourth-order valence-corrected chi connectivity index (χ4v) is 5.39. The van der Waals surface area contributed by atoms with Gasteiger partial charge in [-0.3, -0.25) is 4.79 Å². The first-order valence-corrected chi connectivity index (χ1v) is 14.4. The summed E-state index contributed by atoms with van der Waals surface area (Å²) in [5, 5.41) is 5.07. The zero-order chi connectivity index (χ0) is 30.5. The van der Waals surface area contributed by atoms with Crippen LogP contribution in [0.3, 0.4) is 0 Å². The molecule has 0 saturated heterocycles. The lowest BCUT2D eigenvalue weighted by Crippen LogP contribution is -2.19. The van der Waals surface area contributed by atoms with Gasteiger partial charge in [-0.1, -0.05) is 58.4 Å². The van der Waals surface area contributed by atoms with E-state index in [0.717, 1.165) is 31.0 Å². The van der Waals surface area contributed by atoms with Gasteiger partial charge in [0.15, 0.2) is 11.5 Å². The van der Waals surface area contributed by atoms with Crippen molar-refractivity contribution in [2.75, 3.05) is 21.3 Å². The highest BCUT2D eigenvalue weighted by atomic mass is 79.9. The number of amides is 1. The Bertz CT molecular complexity index is 1830. The number of carbonyl (C=O) groups is 2. The van der Waals surface area contributed by atoms with Crippen LogP contribution in [0.1, 0.15) is 26.4 Å². The van der Waals surface area contributed by atoms with Gasteiger partial charge in [-0.25, -0.2) is 10.2 Å². The van der Waals surface area contributed by atoms with Crippen LogP contribution >= 0.6 is 31.9 Å². The van der Waals surface area contributed by atoms with Gasteiger partial charge in [-0.15, -0.1) is 0 Å². The van der Waals surface area contributed by atoms with E-state index >= 15 is 0 Å². The van der Waals surface area contributed by atoms with Crippen LogP contribution in [-0.4, -0.2) is 44.4 Å². The highest BCUT2D eigenvalue weighted by molar-refractivity contribution is 9.11. The minimum absolute atomic E-state index is 0.187. The molecule has 0 radical (unpaired) electrons. The molecule has 2 N–H and O–H groups in total. The predicted molar refractivity (Wildman–Crippen MR) is 172 cm³/mol. The van der Waals surface area contributed by atoms with Gasteiger partial charge < -0.3 is 23.9 Å². The molecule has 0 unspecified atom stereocenters. The Hall–Kier alpha value is -4.61. The maximum atomic E-state index is 13.4. The lowest BCUT2D eigenvalue weighted by atomic mass is 10.0. The summed E-state index contributed by atoms with van der Waals surface area (Å²) in [6, 6.07) is 23.5. The second-order valence-electron chi connectivity index (χ2n) is 9.09. The van der Waals surface area contributed by atoms with Crippen molar-refractivity contribution in [1.29, 1.82) is 0 Å². The molecule has 0 aliphatic rings. The number of hydrogen-bond donors (Lipinski definition) is 2. The van der Waals surface area contributed by atoms with Gasteiger partial charge in [0.25, 0.3) is 5.91 Å². The number of halogens is 2. The first-order valence-electron chi connectivity index (χ1n) is 12.8. The van der Waals surface area contributed by atoms with E-state index in [-0.39, 0.29) is 11.3 Å². The third-order valence-corrected chi connectivity index (χ3v) is 7.67. The van der Waals surface area contributed by atoms with E-state index in [1.165, 1.54) is 39.7 Å². The molecular formula is C32H25Br2N3O6. The Balaban J connectivity index is 1.41. The summed E-state index contributed by atoms with van der Waals surface area (Å²) in [4.78, 5) is 29.8. The molecule has 0 fully saturated rings. The number of H-pyrrole nitrogens is 1. The number of nitrogens with zero attached hydrogens (tertiary/aromatic N) is 1. The van der Waals surface area contributed by atoms with Crippen LogP contribution in [0.4, 0.5) is 0 Å². The van der Waals surface area contributed by atoms with Crippen LogP contribution in [0.2, 0.25) is 0 Å². The van der Waals surface area contributed by atoms with Gasteiger partial charge in [0.2, 0.25) is 5.75 Å². The number of para-hydroxylation sites is 1. The molecule has 0 bridgehead atoms. The first-order chi connectivity index (χ1) is 20.8. The summed E-state index contributed by atoms with van der Waals surface area (Å²) < 4.78 is 23.3. The van der Waals surface area contributed by atoms with Crippen molar-refractivity contribution in [2.24, 2.45) is 5.10 Å². The number of aromatic amines is 1. The molecule has 1 amide bonds. The molecule has 5 rings (SSSR count). The largest absolute Gasteiger partial charge is 0.493 e. The predicted octanol–water partition coefficient (Wildman–Crippen LogP) is 7.37. The molecule has 0 aliphatic heterocycles. The molecule has 0 saturated carbocycles. The summed E-state index contributed by atoms with van der Waals surface area (Å²) in [6.07, 6.45) is 1.40. The standard InChI is InChI=1S/C32H25Br2N3O6/c1-40-25-15-19(16-26(41-2)30(25)42-3)32(39)43-24-13-12-21(33)14-20(24)17-35-37-31(38)29-27(18-8-5-4-6-9-18)22-10-7-11-23(34)28(22)36-29/h4-17,36H,1-3H3,(H,37,38). The van der Waals surface area contributed by atoms with E-state index in [0.29, 0.717) is 28.5 Å². The van der Waals surface area contributed by atoms with Crippen LogP contribution in [0.25, 0.3) is 22.0 Å². The van der Waals surface area contributed by atoms with E-state index in [9.17, 15) is 9.59 Å². The quantitative estimate of drug-likeness (QED) is 0.0717. The van der Waals surface area contributed by atoms with Gasteiger partial charge in [0, 0.05) is 25.5 Å². The topological polar surface area (TPSA) is 111 Å². The van der Waals surface area contributed by atoms with E-state index < -0.39 is 11.9 Å². The molecule has 1 heterocycles. The number of benzene rings is 4. The van der Waals surface area contributed by atoms with Crippen molar-refractivity contribution in [1.82, 2.24) is 10.4 Å². The van der Waals surface area contributed by atoms with Gasteiger partial charge in [0.05, 0.1) is 38.6 Å². The molecule has 11 heteroatoms. The summed E-state index contributed by atoms with van der Waals surface area (Å²) >= 11 is 7.00. The Kier molecular flexibility index (Phi) is 9.13. The van der Waals surface area contributed by atoms with Gasteiger partial charge in [-0.05, 0) is 57.9 Å². The van der Waals surface area contributed by atoms with Crippen molar-refractivity contribution in [3.05, 3.63) is 105 Å². The summed E-state index contributed by atoms with van der Waals surface area (Å²) in [5.41, 5.74) is 6.01. The van der Waals surface area contributed by atoms with Crippen LogP contribution < -0.4 is 24.4 Å². The Morgan fingerprint density at radius 3 is 2.23 bits per heavy atom. The van der Waals surface area contributed by atoms with Crippen molar-refractivity contribution in [3.8, 4) is 34.1 Å². The summed E-state index contributed by atoms with van der Waals surface area (Å²) in [5.74, 6) is 0.104. The molecule has 5 aromatic rings. The van der Waals surface area contributed by atoms with Gasteiger partial charge in [-0.2, -0.15) is 5.10 Å². The number of hydrazone groups is 1. The Morgan fingerprint density at radius 2 is 1.56 bits per heavy atom. The number of ether oxygens (including phenoxy) is 4. The maximum absolute atomic E-state index is 13.4. The van der Waals surface area contributed by atoms with E-state index in [2.05, 4.69) is 47.4 Å². The molecule has 218 valence electrons. The normalized spacial score (nSPS) is 11.0. The van der Waals surface area contributed by atoms with Gasteiger partial charge >= 0.3 is 5.97 Å². The zero-order valence-corrected chi connectivity index (χ0v) is 26.4. The molecule has 43 heavy (non-hydrogen) atoms. The van der Waals surface area contributed by atoms with E-state index in [1.807, 2.05) is 48.5 Å². The lowest BCUT2D eigenvalue weighted by molar-refractivity contribution is 0.0733.